The van der Waals surface area contributed by atoms with Crippen molar-refractivity contribution < 1.29 is 9.53 Å². The van der Waals surface area contributed by atoms with Gasteiger partial charge in [-0.1, -0.05) is 13.8 Å². The van der Waals surface area contributed by atoms with E-state index in [9.17, 15) is 4.79 Å². The molecule has 1 N–H and O–H groups in total. The van der Waals surface area contributed by atoms with Crippen molar-refractivity contribution in [1.29, 1.82) is 0 Å². The van der Waals surface area contributed by atoms with Gasteiger partial charge in [-0.05, 0) is 5.92 Å². The van der Waals surface area contributed by atoms with Crippen molar-refractivity contribution in [2.45, 2.75) is 19.4 Å². The van der Waals surface area contributed by atoms with Gasteiger partial charge in [-0.2, -0.15) is 0 Å². The van der Waals surface area contributed by atoms with Crippen LogP contribution in [0.3, 0.4) is 0 Å². The van der Waals surface area contributed by atoms with E-state index < -0.39 is 0 Å². The number of rotatable bonds is 2. The Bertz CT molecular complexity index is 222. The average Bonchev–Trinajstić information content (AvgIpc) is 2.29. The first kappa shape index (κ1) is 8.81. The van der Waals surface area contributed by atoms with Gasteiger partial charge in [-0.25, -0.2) is 4.79 Å². The standard InChI is InChI=1S/C9H16N2O2/c1-7(2)3-11-5-9(6-11)4-10-8(12)13-9/h7H,3-6H2,1-2H3,(H,10,12). The fourth-order valence-corrected chi connectivity index (χ4v) is 2.09. The highest BCUT2D eigenvalue weighted by atomic mass is 16.6. The van der Waals surface area contributed by atoms with Gasteiger partial charge in [0, 0.05) is 19.6 Å². The summed E-state index contributed by atoms with van der Waals surface area (Å²) in [4.78, 5) is 13.2. The smallest absolute Gasteiger partial charge is 0.407 e. The van der Waals surface area contributed by atoms with Crippen LogP contribution in [0.2, 0.25) is 0 Å². The molecule has 0 radical (unpaired) electrons. The molecule has 2 rings (SSSR count). The molecule has 2 saturated heterocycles. The van der Waals surface area contributed by atoms with Crippen molar-refractivity contribution in [3.63, 3.8) is 0 Å². The normalized spacial score (nSPS) is 25.9. The highest BCUT2D eigenvalue weighted by Gasteiger charge is 2.50. The minimum absolute atomic E-state index is 0.189. The summed E-state index contributed by atoms with van der Waals surface area (Å²) in [5, 5.41) is 2.70. The Labute approximate surface area is 78.2 Å². The summed E-state index contributed by atoms with van der Waals surface area (Å²) in [5.74, 6) is 0.683. The molecule has 2 aliphatic rings. The van der Waals surface area contributed by atoms with Crippen LogP contribution < -0.4 is 5.32 Å². The molecule has 2 aliphatic heterocycles. The zero-order chi connectivity index (χ0) is 9.47. The van der Waals surface area contributed by atoms with Crippen molar-refractivity contribution in [3.8, 4) is 0 Å². The molecule has 1 amide bonds. The Morgan fingerprint density at radius 3 is 2.77 bits per heavy atom. The molecule has 0 aromatic rings. The number of hydrogen-bond donors (Lipinski definition) is 1. The number of nitrogens with zero attached hydrogens (tertiary/aromatic N) is 1. The van der Waals surface area contributed by atoms with E-state index in [1.54, 1.807) is 0 Å². The average molecular weight is 184 g/mol. The first-order valence-electron chi connectivity index (χ1n) is 4.79. The summed E-state index contributed by atoms with van der Waals surface area (Å²) in [5.41, 5.74) is -0.189. The number of ether oxygens (including phenoxy) is 1. The largest absolute Gasteiger partial charge is 0.438 e. The summed E-state index contributed by atoms with van der Waals surface area (Å²) in [6.45, 7) is 7.96. The number of hydrogen-bond acceptors (Lipinski definition) is 3. The van der Waals surface area contributed by atoms with Gasteiger partial charge in [0.2, 0.25) is 0 Å². The third-order valence-electron chi connectivity index (χ3n) is 2.51. The van der Waals surface area contributed by atoms with Gasteiger partial charge < -0.3 is 10.1 Å². The van der Waals surface area contributed by atoms with Crippen molar-refractivity contribution in [1.82, 2.24) is 10.2 Å². The summed E-state index contributed by atoms with van der Waals surface area (Å²) in [6.07, 6.45) is -0.260. The summed E-state index contributed by atoms with van der Waals surface area (Å²) >= 11 is 0. The zero-order valence-corrected chi connectivity index (χ0v) is 8.17. The molecular weight excluding hydrogens is 168 g/mol. The first-order chi connectivity index (χ1) is 6.10. The monoisotopic (exact) mass is 184 g/mol. The molecule has 4 nitrogen and oxygen atoms in total. The molecule has 2 heterocycles. The molecular formula is C9H16N2O2. The second kappa shape index (κ2) is 2.87. The maximum atomic E-state index is 10.8. The Morgan fingerprint density at radius 2 is 2.31 bits per heavy atom. The fraction of sp³-hybridized carbons (Fsp3) is 0.889. The Kier molecular flexibility index (Phi) is 1.95. The molecule has 4 heteroatoms. The molecule has 1 spiro atoms. The maximum Gasteiger partial charge on any atom is 0.407 e. The maximum absolute atomic E-state index is 10.8. The number of carbonyl (C=O) groups is 1. The molecule has 0 atom stereocenters. The number of alkyl carbamates (subject to hydrolysis) is 1. The summed E-state index contributed by atoms with van der Waals surface area (Å²) < 4.78 is 5.20. The Balaban J connectivity index is 1.80. The van der Waals surface area contributed by atoms with Crippen LogP contribution in [0.5, 0.6) is 0 Å². The van der Waals surface area contributed by atoms with Crippen LogP contribution in [0, 0.1) is 5.92 Å². The molecule has 0 bridgehead atoms. The number of likely N-dealkylation sites (tertiary alicyclic amines) is 1. The third kappa shape index (κ3) is 1.63. The van der Waals surface area contributed by atoms with Crippen molar-refractivity contribution in [2.75, 3.05) is 26.2 Å². The van der Waals surface area contributed by atoms with E-state index >= 15 is 0 Å². The molecule has 0 saturated carbocycles. The molecule has 0 aliphatic carbocycles. The molecule has 0 aromatic heterocycles. The highest BCUT2D eigenvalue weighted by molar-refractivity contribution is 5.70. The van der Waals surface area contributed by atoms with E-state index in [-0.39, 0.29) is 11.7 Å². The van der Waals surface area contributed by atoms with Gasteiger partial charge in [0.05, 0.1) is 6.54 Å². The number of amides is 1. The van der Waals surface area contributed by atoms with E-state index in [2.05, 4.69) is 24.1 Å². The van der Waals surface area contributed by atoms with Gasteiger partial charge >= 0.3 is 6.09 Å². The molecule has 13 heavy (non-hydrogen) atoms. The van der Waals surface area contributed by atoms with E-state index in [0.29, 0.717) is 12.5 Å². The Morgan fingerprint density at radius 1 is 1.62 bits per heavy atom. The quantitative estimate of drug-likeness (QED) is 0.677. The fourth-order valence-electron chi connectivity index (χ4n) is 2.09. The van der Waals surface area contributed by atoms with Crippen LogP contribution >= 0.6 is 0 Å². The minimum atomic E-state index is -0.260. The van der Waals surface area contributed by atoms with Crippen LogP contribution in [-0.2, 0) is 4.74 Å². The van der Waals surface area contributed by atoms with Crippen LogP contribution in [0.4, 0.5) is 4.79 Å². The zero-order valence-electron chi connectivity index (χ0n) is 8.17. The second-order valence-electron chi connectivity index (χ2n) is 4.49. The van der Waals surface area contributed by atoms with Crippen molar-refractivity contribution >= 4 is 6.09 Å². The van der Waals surface area contributed by atoms with Crippen LogP contribution in [0.15, 0.2) is 0 Å². The third-order valence-corrected chi connectivity index (χ3v) is 2.51. The number of nitrogens with one attached hydrogen (secondary N) is 1. The van der Waals surface area contributed by atoms with E-state index in [1.807, 2.05) is 0 Å². The molecule has 0 aromatic carbocycles. The van der Waals surface area contributed by atoms with Gasteiger partial charge in [-0.3, -0.25) is 4.90 Å². The topological polar surface area (TPSA) is 41.6 Å². The lowest BCUT2D eigenvalue weighted by Gasteiger charge is -2.46. The SMILES string of the molecule is CC(C)CN1CC2(CNC(=O)O2)C1. The molecule has 74 valence electrons. The highest BCUT2D eigenvalue weighted by Crippen LogP contribution is 2.28. The van der Waals surface area contributed by atoms with Gasteiger partial charge in [0.1, 0.15) is 0 Å². The Hall–Kier alpha value is -0.770. The first-order valence-corrected chi connectivity index (χ1v) is 4.79. The number of carbonyl (C=O) groups excluding carboxylic acids is 1. The van der Waals surface area contributed by atoms with Crippen molar-refractivity contribution in [3.05, 3.63) is 0 Å². The van der Waals surface area contributed by atoms with Gasteiger partial charge in [-0.15, -0.1) is 0 Å². The summed E-state index contributed by atoms with van der Waals surface area (Å²) in [6, 6.07) is 0. The minimum Gasteiger partial charge on any atom is -0.438 e. The van der Waals surface area contributed by atoms with Gasteiger partial charge in [0.15, 0.2) is 5.60 Å². The lowest BCUT2D eigenvalue weighted by atomic mass is 9.93. The van der Waals surface area contributed by atoms with Crippen molar-refractivity contribution in [2.24, 2.45) is 5.92 Å². The van der Waals surface area contributed by atoms with E-state index in [4.69, 9.17) is 4.74 Å². The second-order valence-corrected chi connectivity index (χ2v) is 4.49. The van der Waals surface area contributed by atoms with E-state index in [0.717, 1.165) is 19.6 Å². The molecule has 2 fully saturated rings. The summed E-state index contributed by atoms with van der Waals surface area (Å²) in [7, 11) is 0. The van der Waals surface area contributed by atoms with Crippen LogP contribution in [0.1, 0.15) is 13.8 Å². The lowest BCUT2D eigenvalue weighted by Crippen LogP contribution is -2.64. The molecule has 0 unspecified atom stereocenters. The predicted molar refractivity (Wildman–Crippen MR) is 48.5 cm³/mol. The van der Waals surface area contributed by atoms with Gasteiger partial charge in [0.25, 0.3) is 0 Å². The van der Waals surface area contributed by atoms with Crippen LogP contribution in [0.25, 0.3) is 0 Å². The van der Waals surface area contributed by atoms with Crippen LogP contribution in [-0.4, -0.2) is 42.8 Å². The van der Waals surface area contributed by atoms with E-state index in [1.165, 1.54) is 0 Å². The lowest BCUT2D eigenvalue weighted by molar-refractivity contribution is -0.0764. The predicted octanol–water partition coefficient (Wildman–Crippen LogP) is 0.437.